The quantitative estimate of drug-likeness (QED) is 0.849. The van der Waals surface area contributed by atoms with E-state index in [0.717, 1.165) is 12.0 Å². The van der Waals surface area contributed by atoms with Crippen LogP contribution in [0.25, 0.3) is 11.4 Å². The highest BCUT2D eigenvalue weighted by Gasteiger charge is 2.07. The Labute approximate surface area is 107 Å². The molecule has 0 fully saturated rings. The summed E-state index contributed by atoms with van der Waals surface area (Å²) in [6, 6.07) is 8.35. The zero-order chi connectivity index (χ0) is 12.8. The number of hydrogen-bond acceptors (Lipinski definition) is 4. The minimum absolute atomic E-state index is 0.525. The van der Waals surface area contributed by atoms with E-state index in [1.54, 1.807) is 0 Å². The Balaban J connectivity index is 2.07. The molecule has 4 nitrogen and oxygen atoms in total. The van der Waals surface area contributed by atoms with E-state index in [0.29, 0.717) is 24.7 Å². The van der Waals surface area contributed by atoms with Crippen molar-refractivity contribution in [2.75, 3.05) is 6.54 Å². The van der Waals surface area contributed by atoms with E-state index in [4.69, 9.17) is 10.3 Å². The maximum Gasteiger partial charge on any atom is 0.228 e. The molecule has 18 heavy (non-hydrogen) atoms. The molecule has 96 valence electrons. The average Bonchev–Trinajstić information content (AvgIpc) is 2.86. The number of nitrogens with zero attached hydrogens (tertiary/aromatic N) is 2. The van der Waals surface area contributed by atoms with Gasteiger partial charge in [-0.15, -0.1) is 0 Å². The van der Waals surface area contributed by atoms with Crippen molar-refractivity contribution in [2.24, 2.45) is 5.73 Å². The van der Waals surface area contributed by atoms with Gasteiger partial charge in [0.15, 0.2) is 0 Å². The molecular weight excluding hydrogens is 226 g/mol. The maximum absolute atomic E-state index is 5.45. The lowest BCUT2D eigenvalue weighted by Crippen LogP contribution is -2.02. The minimum atomic E-state index is 0.525. The molecule has 0 bridgehead atoms. The lowest BCUT2D eigenvalue weighted by Gasteiger charge is -2.00. The molecular formula is C14H19N3O. The Kier molecular flexibility index (Phi) is 4.47. The molecule has 1 aromatic carbocycles. The molecule has 0 aliphatic carbocycles. The molecule has 0 amide bonds. The van der Waals surface area contributed by atoms with Crippen molar-refractivity contribution in [3.05, 3.63) is 35.7 Å². The monoisotopic (exact) mass is 245 g/mol. The van der Waals surface area contributed by atoms with Gasteiger partial charge in [0, 0.05) is 18.5 Å². The van der Waals surface area contributed by atoms with Gasteiger partial charge < -0.3 is 10.3 Å². The second-order valence-corrected chi connectivity index (χ2v) is 4.35. The van der Waals surface area contributed by atoms with Gasteiger partial charge in [0.05, 0.1) is 0 Å². The molecule has 1 heterocycles. The topological polar surface area (TPSA) is 64.9 Å². The van der Waals surface area contributed by atoms with Crippen molar-refractivity contribution in [1.82, 2.24) is 10.1 Å². The molecule has 2 N–H and O–H groups in total. The molecule has 4 heteroatoms. The fourth-order valence-corrected chi connectivity index (χ4v) is 1.80. The number of nitrogens with two attached hydrogens (primary N) is 1. The lowest BCUT2D eigenvalue weighted by molar-refractivity contribution is 0.380. The maximum atomic E-state index is 5.45. The van der Waals surface area contributed by atoms with Crippen molar-refractivity contribution >= 4 is 0 Å². The van der Waals surface area contributed by atoms with Crippen molar-refractivity contribution in [3.8, 4) is 11.4 Å². The normalized spacial score (nSPS) is 10.8. The second kappa shape index (κ2) is 6.31. The fraction of sp³-hybridized carbons (Fsp3) is 0.429. The van der Waals surface area contributed by atoms with Gasteiger partial charge in [0.25, 0.3) is 0 Å². The fourth-order valence-electron chi connectivity index (χ4n) is 1.80. The van der Waals surface area contributed by atoms with Crippen LogP contribution in [0.5, 0.6) is 0 Å². The highest BCUT2D eigenvalue weighted by Crippen LogP contribution is 2.17. The van der Waals surface area contributed by atoms with Crippen LogP contribution in [-0.2, 0) is 12.8 Å². The van der Waals surface area contributed by atoms with Gasteiger partial charge in [-0.3, -0.25) is 0 Å². The molecule has 0 saturated heterocycles. The second-order valence-electron chi connectivity index (χ2n) is 4.35. The van der Waals surface area contributed by atoms with Crippen molar-refractivity contribution in [2.45, 2.75) is 32.6 Å². The molecule has 0 radical (unpaired) electrons. The zero-order valence-corrected chi connectivity index (χ0v) is 10.7. The van der Waals surface area contributed by atoms with Gasteiger partial charge in [-0.2, -0.15) is 4.98 Å². The van der Waals surface area contributed by atoms with Gasteiger partial charge in [0.1, 0.15) is 0 Å². The van der Waals surface area contributed by atoms with Crippen molar-refractivity contribution < 1.29 is 4.52 Å². The predicted molar refractivity (Wildman–Crippen MR) is 71.1 cm³/mol. The molecule has 0 atom stereocenters. The first-order chi connectivity index (χ1) is 8.83. The van der Waals surface area contributed by atoms with Gasteiger partial charge in [-0.25, -0.2) is 0 Å². The minimum Gasteiger partial charge on any atom is -0.339 e. The Morgan fingerprint density at radius 3 is 2.61 bits per heavy atom. The van der Waals surface area contributed by atoms with Gasteiger partial charge in [-0.1, -0.05) is 42.8 Å². The predicted octanol–water partition coefficient (Wildman–Crippen LogP) is 2.58. The van der Waals surface area contributed by atoms with E-state index < -0.39 is 0 Å². The molecule has 1 aromatic heterocycles. The smallest absolute Gasteiger partial charge is 0.228 e. The van der Waals surface area contributed by atoms with Crippen LogP contribution in [-0.4, -0.2) is 16.7 Å². The van der Waals surface area contributed by atoms with Crippen molar-refractivity contribution in [3.63, 3.8) is 0 Å². The molecule has 0 saturated carbocycles. The third kappa shape index (κ3) is 3.17. The Morgan fingerprint density at radius 1 is 1.17 bits per heavy atom. The summed E-state index contributed by atoms with van der Waals surface area (Å²) in [6.45, 7) is 2.73. The number of unbranched alkanes of at least 4 members (excludes halogenated alkanes) is 1. The lowest BCUT2D eigenvalue weighted by atomic mass is 10.1. The Morgan fingerprint density at radius 2 is 1.94 bits per heavy atom. The van der Waals surface area contributed by atoms with E-state index in [-0.39, 0.29) is 0 Å². The number of aromatic nitrogens is 2. The largest absolute Gasteiger partial charge is 0.339 e. The first kappa shape index (κ1) is 12.8. The molecule has 2 rings (SSSR count). The summed E-state index contributed by atoms with van der Waals surface area (Å²) < 4.78 is 5.11. The van der Waals surface area contributed by atoms with E-state index >= 15 is 0 Å². The third-order valence-corrected chi connectivity index (χ3v) is 2.86. The SMILES string of the molecule is CCCCc1ccc(-c2noc(CCN)n2)cc1. The van der Waals surface area contributed by atoms with Gasteiger partial charge in [-0.05, 0) is 18.4 Å². The van der Waals surface area contributed by atoms with Crippen molar-refractivity contribution in [1.29, 1.82) is 0 Å². The van der Waals surface area contributed by atoms with E-state index in [9.17, 15) is 0 Å². The first-order valence-corrected chi connectivity index (χ1v) is 6.45. The van der Waals surface area contributed by atoms with Crippen LogP contribution in [0.2, 0.25) is 0 Å². The highest BCUT2D eigenvalue weighted by atomic mass is 16.5. The van der Waals surface area contributed by atoms with E-state index in [1.807, 2.05) is 12.1 Å². The van der Waals surface area contributed by atoms with Crippen LogP contribution >= 0.6 is 0 Å². The van der Waals surface area contributed by atoms with Crippen LogP contribution in [0, 0.1) is 0 Å². The number of hydrogen-bond donors (Lipinski definition) is 1. The van der Waals surface area contributed by atoms with E-state index in [2.05, 4.69) is 29.2 Å². The standard InChI is InChI=1S/C14H19N3O/c1-2-3-4-11-5-7-12(8-6-11)14-16-13(9-10-15)18-17-14/h5-8H,2-4,9-10,15H2,1H3. The average molecular weight is 245 g/mol. The Bertz CT molecular complexity index is 476. The third-order valence-electron chi connectivity index (χ3n) is 2.86. The summed E-state index contributed by atoms with van der Waals surface area (Å²) in [6.07, 6.45) is 4.19. The molecule has 0 unspecified atom stereocenters. The molecule has 2 aromatic rings. The molecule has 0 aliphatic rings. The zero-order valence-electron chi connectivity index (χ0n) is 10.7. The summed E-state index contributed by atoms with van der Waals surface area (Å²) in [7, 11) is 0. The highest BCUT2D eigenvalue weighted by molar-refractivity contribution is 5.54. The summed E-state index contributed by atoms with van der Waals surface area (Å²) in [4.78, 5) is 4.30. The number of benzene rings is 1. The first-order valence-electron chi connectivity index (χ1n) is 6.45. The van der Waals surface area contributed by atoms with Crippen LogP contribution in [0.4, 0.5) is 0 Å². The molecule has 0 spiro atoms. The van der Waals surface area contributed by atoms with Gasteiger partial charge in [0.2, 0.25) is 11.7 Å². The van der Waals surface area contributed by atoms with Crippen LogP contribution < -0.4 is 5.73 Å². The van der Waals surface area contributed by atoms with Gasteiger partial charge >= 0.3 is 0 Å². The number of rotatable bonds is 6. The van der Waals surface area contributed by atoms with Crippen LogP contribution in [0.15, 0.2) is 28.8 Å². The molecule has 0 aliphatic heterocycles. The summed E-state index contributed by atoms with van der Waals surface area (Å²) in [5.74, 6) is 1.24. The van der Waals surface area contributed by atoms with E-state index in [1.165, 1.54) is 18.4 Å². The summed E-state index contributed by atoms with van der Waals surface area (Å²) >= 11 is 0. The summed E-state index contributed by atoms with van der Waals surface area (Å²) in [5, 5.41) is 3.96. The Hall–Kier alpha value is -1.68. The van der Waals surface area contributed by atoms with Crippen LogP contribution in [0.1, 0.15) is 31.2 Å². The number of aryl methyl sites for hydroxylation is 1. The van der Waals surface area contributed by atoms with Crippen LogP contribution in [0.3, 0.4) is 0 Å². The summed E-state index contributed by atoms with van der Waals surface area (Å²) in [5.41, 5.74) is 7.79.